The summed E-state index contributed by atoms with van der Waals surface area (Å²) in [5.74, 6) is 0.760. The number of benzene rings is 1. The molecule has 0 amide bonds. The minimum absolute atomic E-state index is 0.403. The predicted octanol–water partition coefficient (Wildman–Crippen LogP) is 2.41. The van der Waals surface area contributed by atoms with Gasteiger partial charge in [0.05, 0.1) is 14.2 Å². The Kier molecular flexibility index (Phi) is 6.62. The van der Waals surface area contributed by atoms with Gasteiger partial charge in [-0.3, -0.25) is 4.99 Å². The van der Waals surface area contributed by atoms with Crippen LogP contribution in [-0.4, -0.2) is 33.2 Å². The molecule has 128 valence electrons. The zero-order chi connectivity index (χ0) is 17.4. The Balaban J connectivity index is 1.98. The van der Waals surface area contributed by atoms with Gasteiger partial charge in [0.2, 0.25) is 0 Å². The van der Waals surface area contributed by atoms with E-state index in [9.17, 15) is 4.79 Å². The number of methoxy groups -OCH3 is 2. The highest BCUT2D eigenvalue weighted by Crippen LogP contribution is 2.20. The molecule has 2 rings (SSSR count). The first-order valence-electron chi connectivity index (χ1n) is 7.38. The third-order valence-electron chi connectivity index (χ3n) is 3.39. The number of ether oxygens (including phenoxy) is 2. The monoisotopic (exact) mass is 347 g/mol. The van der Waals surface area contributed by atoms with Gasteiger partial charge in [0, 0.05) is 20.1 Å². The van der Waals surface area contributed by atoms with Gasteiger partial charge >= 0.3 is 5.97 Å². The number of hydrogen-bond donors (Lipinski definition) is 2. The van der Waals surface area contributed by atoms with Gasteiger partial charge in [-0.2, -0.15) is 11.3 Å². The SMILES string of the molecule is CN=C(NCc1ccsc1)NCc1ccc(OC)c(C(=O)OC)c1. The second kappa shape index (κ2) is 8.93. The van der Waals surface area contributed by atoms with Gasteiger partial charge in [-0.1, -0.05) is 6.07 Å². The van der Waals surface area contributed by atoms with Crippen LogP contribution >= 0.6 is 11.3 Å². The molecule has 0 saturated heterocycles. The van der Waals surface area contributed by atoms with Crippen molar-refractivity contribution >= 4 is 23.3 Å². The van der Waals surface area contributed by atoms with Gasteiger partial charge in [-0.05, 0) is 40.1 Å². The first kappa shape index (κ1) is 17.8. The van der Waals surface area contributed by atoms with Crippen molar-refractivity contribution in [3.63, 3.8) is 0 Å². The number of esters is 1. The minimum atomic E-state index is -0.423. The lowest BCUT2D eigenvalue weighted by Gasteiger charge is -2.13. The maximum atomic E-state index is 11.8. The van der Waals surface area contributed by atoms with E-state index in [1.54, 1.807) is 30.5 Å². The second-order valence-corrected chi connectivity index (χ2v) is 5.72. The summed E-state index contributed by atoms with van der Waals surface area (Å²) in [6, 6.07) is 7.47. The molecule has 0 aliphatic carbocycles. The van der Waals surface area contributed by atoms with Crippen molar-refractivity contribution in [1.29, 1.82) is 0 Å². The highest BCUT2D eigenvalue weighted by atomic mass is 32.1. The molecule has 0 radical (unpaired) electrons. The van der Waals surface area contributed by atoms with Crippen LogP contribution in [-0.2, 0) is 17.8 Å². The Morgan fingerprint density at radius 2 is 1.92 bits per heavy atom. The molecule has 1 aromatic carbocycles. The summed E-state index contributed by atoms with van der Waals surface area (Å²) in [5, 5.41) is 10.6. The van der Waals surface area contributed by atoms with Gasteiger partial charge in [-0.25, -0.2) is 4.79 Å². The summed E-state index contributed by atoms with van der Waals surface area (Å²) in [5.41, 5.74) is 2.54. The van der Waals surface area contributed by atoms with E-state index < -0.39 is 5.97 Å². The fraction of sp³-hybridized carbons (Fsp3) is 0.294. The number of thiophene rings is 1. The van der Waals surface area contributed by atoms with Crippen LogP contribution in [0.15, 0.2) is 40.0 Å². The molecule has 0 atom stereocenters. The third-order valence-corrected chi connectivity index (χ3v) is 4.12. The lowest BCUT2D eigenvalue weighted by molar-refractivity contribution is 0.0597. The van der Waals surface area contributed by atoms with Crippen LogP contribution in [0.1, 0.15) is 21.5 Å². The van der Waals surface area contributed by atoms with E-state index in [4.69, 9.17) is 9.47 Å². The highest BCUT2D eigenvalue weighted by Gasteiger charge is 2.13. The zero-order valence-electron chi connectivity index (χ0n) is 14.0. The van der Waals surface area contributed by atoms with Crippen LogP contribution in [0.4, 0.5) is 0 Å². The van der Waals surface area contributed by atoms with E-state index in [0.29, 0.717) is 30.4 Å². The van der Waals surface area contributed by atoms with E-state index in [1.165, 1.54) is 19.8 Å². The molecule has 7 heteroatoms. The predicted molar refractivity (Wildman–Crippen MR) is 95.7 cm³/mol. The van der Waals surface area contributed by atoms with E-state index >= 15 is 0 Å². The average molecular weight is 347 g/mol. The summed E-state index contributed by atoms with van der Waals surface area (Å²) in [4.78, 5) is 16.0. The standard InChI is InChI=1S/C17H21N3O3S/c1-18-17(20-10-13-6-7-24-11-13)19-9-12-4-5-15(22-2)14(8-12)16(21)23-3/h4-8,11H,9-10H2,1-3H3,(H2,18,19,20). The van der Waals surface area contributed by atoms with E-state index in [1.807, 2.05) is 11.4 Å². The Labute approximate surface area is 145 Å². The molecule has 0 unspecified atom stereocenters. The molecule has 6 nitrogen and oxygen atoms in total. The number of carbonyl (C=O) groups is 1. The number of carbonyl (C=O) groups excluding carboxylic acids is 1. The minimum Gasteiger partial charge on any atom is -0.496 e. The van der Waals surface area contributed by atoms with Crippen LogP contribution in [0.3, 0.4) is 0 Å². The van der Waals surface area contributed by atoms with Gasteiger partial charge in [0.1, 0.15) is 11.3 Å². The molecule has 1 heterocycles. The lowest BCUT2D eigenvalue weighted by atomic mass is 10.1. The molecule has 0 spiro atoms. The number of aliphatic imine (C=N–C) groups is 1. The average Bonchev–Trinajstić information content (AvgIpc) is 3.14. The smallest absolute Gasteiger partial charge is 0.341 e. The van der Waals surface area contributed by atoms with Gasteiger partial charge in [0.15, 0.2) is 5.96 Å². The lowest BCUT2D eigenvalue weighted by Crippen LogP contribution is -2.36. The summed E-state index contributed by atoms with van der Waals surface area (Å²) in [6.45, 7) is 1.23. The van der Waals surface area contributed by atoms with Crippen LogP contribution < -0.4 is 15.4 Å². The molecule has 2 aromatic rings. The molecule has 0 bridgehead atoms. The largest absolute Gasteiger partial charge is 0.496 e. The first-order chi connectivity index (χ1) is 11.7. The maximum Gasteiger partial charge on any atom is 0.341 e. The Bertz CT molecular complexity index is 699. The van der Waals surface area contributed by atoms with Crippen LogP contribution in [0.2, 0.25) is 0 Å². The number of guanidine groups is 1. The topological polar surface area (TPSA) is 72.0 Å². The zero-order valence-corrected chi connectivity index (χ0v) is 14.8. The van der Waals surface area contributed by atoms with Crippen LogP contribution in [0, 0.1) is 0 Å². The van der Waals surface area contributed by atoms with Crippen molar-refractivity contribution in [2.75, 3.05) is 21.3 Å². The van der Waals surface area contributed by atoms with Crippen LogP contribution in [0.25, 0.3) is 0 Å². The first-order valence-corrected chi connectivity index (χ1v) is 8.33. The normalized spacial score (nSPS) is 11.0. The maximum absolute atomic E-state index is 11.8. The molecule has 0 fully saturated rings. The Morgan fingerprint density at radius 3 is 2.50 bits per heavy atom. The van der Waals surface area contributed by atoms with Crippen molar-refractivity contribution in [1.82, 2.24) is 10.6 Å². The van der Waals surface area contributed by atoms with E-state index in [2.05, 4.69) is 27.1 Å². The van der Waals surface area contributed by atoms with Crippen molar-refractivity contribution in [2.24, 2.45) is 4.99 Å². The summed E-state index contributed by atoms with van der Waals surface area (Å²) < 4.78 is 9.98. The summed E-state index contributed by atoms with van der Waals surface area (Å²) in [6.07, 6.45) is 0. The molecule has 24 heavy (non-hydrogen) atoms. The molecule has 0 aliphatic heterocycles. The fourth-order valence-electron chi connectivity index (χ4n) is 2.12. The molecular formula is C17H21N3O3S. The van der Waals surface area contributed by atoms with Gasteiger partial charge < -0.3 is 20.1 Å². The summed E-state index contributed by atoms with van der Waals surface area (Å²) in [7, 11) is 4.59. The fourth-order valence-corrected chi connectivity index (χ4v) is 2.79. The summed E-state index contributed by atoms with van der Waals surface area (Å²) >= 11 is 1.66. The number of nitrogens with one attached hydrogen (secondary N) is 2. The molecule has 2 N–H and O–H groups in total. The Hall–Kier alpha value is -2.54. The molecule has 0 saturated carbocycles. The number of rotatable bonds is 6. The van der Waals surface area contributed by atoms with Crippen molar-refractivity contribution in [2.45, 2.75) is 13.1 Å². The van der Waals surface area contributed by atoms with Crippen molar-refractivity contribution < 1.29 is 14.3 Å². The Morgan fingerprint density at radius 1 is 1.17 bits per heavy atom. The van der Waals surface area contributed by atoms with Gasteiger partial charge in [0.25, 0.3) is 0 Å². The quantitative estimate of drug-likeness (QED) is 0.477. The molecular weight excluding hydrogens is 326 g/mol. The van der Waals surface area contributed by atoms with Crippen molar-refractivity contribution in [3.05, 3.63) is 51.7 Å². The third kappa shape index (κ3) is 4.73. The van der Waals surface area contributed by atoms with E-state index in [-0.39, 0.29) is 0 Å². The highest BCUT2D eigenvalue weighted by molar-refractivity contribution is 7.07. The van der Waals surface area contributed by atoms with Gasteiger partial charge in [-0.15, -0.1) is 0 Å². The molecule has 1 aromatic heterocycles. The second-order valence-electron chi connectivity index (χ2n) is 4.94. The number of nitrogens with zero attached hydrogens (tertiary/aromatic N) is 1. The van der Waals surface area contributed by atoms with Crippen molar-refractivity contribution in [3.8, 4) is 5.75 Å². The van der Waals surface area contributed by atoms with Crippen LogP contribution in [0.5, 0.6) is 5.75 Å². The van der Waals surface area contributed by atoms with E-state index in [0.717, 1.165) is 5.56 Å². The molecule has 0 aliphatic rings. The number of hydrogen-bond acceptors (Lipinski definition) is 5.